The highest BCUT2D eigenvalue weighted by molar-refractivity contribution is 9.10. The van der Waals surface area contributed by atoms with E-state index >= 15 is 0 Å². The predicted molar refractivity (Wildman–Crippen MR) is 53.7 cm³/mol. The Kier molecular flexibility index (Phi) is 3.38. The molecule has 15 heavy (non-hydrogen) atoms. The zero-order chi connectivity index (χ0) is 11.9. The highest BCUT2D eigenvalue weighted by Crippen LogP contribution is 2.49. The largest absolute Gasteiger partial charge is 0.411 e. The molecule has 0 saturated heterocycles. The summed E-state index contributed by atoms with van der Waals surface area (Å²) in [6.45, 7) is 3.54. The Morgan fingerprint density at radius 2 is 1.87 bits per heavy atom. The molecule has 0 radical (unpaired) electrons. The van der Waals surface area contributed by atoms with Crippen LogP contribution in [0.25, 0.3) is 0 Å². The van der Waals surface area contributed by atoms with Crippen LogP contribution in [0.1, 0.15) is 26.7 Å². The van der Waals surface area contributed by atoms with Crippen molar-refractivity contribution in [1.82, 2.24) is 5.32 Å². The second-order valence-corrected chi connectivity index (χ2v) is 5.20. The van der Waals surface area contributed by atoms with Crippen LogP contribution in [0.15, 0.2) is 0 Å². The highest BCUT2D eigenvalue weighted by Gasteiger charge is 2.64. The minimum Gasteiger partial charge on any atom is -0.341 e. The first kappa shape index (κ1) is 12.8. The van der Waals surface area contributed by atoms with Gasteiger partial charge in [-0.05, 0) is 18.8 Å². The maximum Gasteiger partial charge on any atom is 0.411 e. The summed E-state index contributed by atoms with van der Waals surface area (Å²) in [5.74, 6) is -0.617. The highest BCUT2D eigenvalue weighted by atomic mass is 79.9. The van der Waals surface area contributed by atoms with Gasteiger partial charge < -0.3 is 5.32 Å². The van der Waals surface area contributed by atoms with Crippen molar-refractivity contribution in [3.8, 4) is 0 Å². The summed E-state index contributed by atoms with van der Waals surface area (Å²) in [4.78, 5) is 10.9. The molecule has 1 N–H and O–H groups in total. The fraction of sp³-hybridized carbons (Fsp3) is 0.889. The van der Waals surface area contributed by atoms with Crippen LogP contribution in [0.3, 0.4) is 0 Å². The first-order valence-corrected chi connectivity index (χ1v) is 5.64. The Bertz CT molecular complexity index is 261. The third-order valence-electron chi connectivity index (χ3n) is 2.49. The van der Waals surface area contributed by atoms with E-state index in [0.29, 0.717) is 0 Å². The van der Waals surface area contributed by atoms with Crippen molar-refractivity contribution in [3.63, 3.8) is 0 Å². The monoisotopic (exact) mass is 287 g/mol. The lowest BCUT2D eigenvalue weighted by Crippen LogP contribution is -2.50. The molecule has 1 aliphatic rings. The van der Waals surface area contributed by atoms with E-state index in [0.717, 1.165) is 0 Å². The second kappa shape index (κ2) is 3.96. The SMILES string of the molecule is CC(C)C(Br)C(=O)NC1(C(F)(F)F)CC1. The lowest BCUT2D eigenvalue weighted by atomic mass is 10.1. The lowest BCUT2D eigenvalue weighted by molar-refractivity contribution is -0.170. The van der Waals surface area contributed by atoms with Crippen molar-refractivity contribution in [2.24, 2.45) is 5.92 Å². The molecule has 1 atom stereocenters. The first-order valence-electron chi connectivity index (χ1n) is 4.72. The fourth-order valence-corrected chi connectivity index (χ4v) is 1.33. The molecule has 0 heterocycles. The van der Waals surface area contributed by atoms with Crippen LogP contribution in [0.4, 0.5) is 13.2 Å². The summed E-state index contributed by atoms with van der Waals surface area (Å²) in [6, 6.07) is 0. The fourth-order valence-electron chi connectivity index (χ4n) is 1.21. The van der Waals surface area contributed by atoms with E-state index in [1.807, 2.05) is 0 Å². The van der Waals surface area contributed by atoms with E-state index in [2.05, 4.69) is 21.2 Å². The van der Waals surface area contributed by atoms with Gasteiger partial charge in [0.2, 0.25) is 5.91 Å². The number of rotatable bonds is 3. The standard InChI is InChI=1S/C9H13BrF3NO/c1-5(2)6(10)7(15)14-8(3-4-8)9(11,12)13/h5-6H,3-4H2,1-2H3,(H,14,15). The number of nitrogens with one attached hydrogen (secondary N) is 1. The Hall–Kier alpha value is -0.260. The zero-order valence-corrected chi connectivity index (χ0v) is 10.1. The van der Waals surface area contributed by atoms with Gasteiger partial charge in [0.15, 0.2) is 0 Å². The summed E-state index contributed by atoms with van der Waals surface area (Å²) in [5, 5.41) is 2.08. The molecule has 2 nitrogen and oxygen atoms in total. The van der Waals surface area contributed by atoms with E-state index in [1.54, 1.807) is 13.8 Å². The Morgan fingerprint density at radius 1 is 1.40 bits per heavy atom. The minimum atomic E-state index is -4.34. The normalized spacial score (nSPS) is 21.3. The van der Waals surface area contributed by atoms with Gasteiger partial charge in [0, 0.05) is 0 Å². The molecule has 1 saturated carbocycles. The Labute approximate surface area is 94.7 Å². The molecule has 1 amide bonds. The third kappa shape index (κ3) is 2.65. The number of hydrogen-bond acceptors (Lipinski definition) is 1. The van der Waals surface area contributed by atoms with Crippen LogP contribution in [-0.4, -0.2) is 22.4 Å². The number of amides is 1. The quantitative estimate of drug-likeness (QED) is 0.795. The molecule has 0 spiro atoms. The molecule has 0 aliphatic heterocycles. The van der Waals surface area contributed by atoms with Gasteiger partial charge in [-0.2, -0.15) is 13.2 Å². The van der Waals surface area contributed by atoms with Crippen molar-refractivity contribution in [2.45, 2.75) is 43.2 Å². The molecule has 1 fully saturated rings. The Balaban J connectivity index is 2.60. The maximum absolute atomic E-state index is 12.5. The van der Waals surface area contributed by atoms with Gasteiger partial charge in [0.25, 0.3) is 0 Å². The molecular weight excluding hydrogens is 275 g/mol. The molecule has 0 aromatic carbocycles. The van der Waals surface area contributed by atoms with Gasteiger partial charge in [-0.25, -0.2) is 0 Å². The van der Waals surface area contributed by atoms with Gasteiger partial charge in [0.05, 0.1) is 4.83 Å². The smallest absolute Gasteiger partial charge is 0.341 e. The number of alkyl halides is 4. The lowest BCUT2D eigenvalue weighted by Gasteiger charge is -2.23. The second-order valence-electron chi connectivity index (χ2n) is 4.21. The van der Waals surface area contributed by atoms with Crippen molar-refractivity contribution in [2.75, 3.05) is 0 Å². The number of carbonyl (C=O) groups excluding carboxylic acids is 1. The predicted octanol–water partition coefficient (Wildman–Crippen LogP) is 2.62. The molecule has 1 unspecified atom stereocenters. The molecule has 0 aromatic rings. The van der Waals surface area contributed by atoms with Crippen molar-refractivity contribution >= 4 is 21.8 Å². The zero-order valence-electron chi connectivity index (χ0n) is 8.49. The van der Waals surface area contributed by atoms with Gasteiger partial charge in [-0.3, -0.25) is 4.79 Å². The van der Waals surface area contributed by atoms with E-state index in [-0.39, 0.29) is 18.8 Å². The van der Waals surface area contributed by atoms with E-state index in [4.69, 9.17) is 0 Å². The third-order valence-corrected chi connectivity index (χ3v) is 3.96. The van der Waals surface area contributed by atoms with E-state index in [9.17, 15) is 18.0 Å². The van der Waals surface area contributed by atoms with Crippen molar-refractivity contribution in [1.29, 1.82) is 0 Å². The van der Waals surface area contributed by atoms with Crippen LogP contribution < -0.4 is 5.32 Å². The molecule has 0 aromatic heterocycles. The molecule has 1 rings (SSSR count). The topological polar surface area (TPSA) is 29.1 Å². The van der Waals surface area contributed by atoms with Crippen molar-refractivity contribution < 1.29 is 18.0 Å². The average molecular weight is 288 g/mol. The summed E-state index contributed by atoms with van der Waals surface area (Å²) < 4.78 is 37.5. The summed E-state index contributed by atoms with van der Waals surface area (Å²) in [7, 11) is 0. The van der Waals surface area contributed by atoms with Crippen LogP contribution in [-0.2, 0) is 4.79 Å². The molecular formula is C9H13BrF3NO. The minimum absolute atomic E-state index is 0.0138. The average Bonchev–Trinajstić information content (AvgIpc) is 2.82. The number of hydrogen-bond donors (Lipinski definition) is 1. The van der Waals surface area contributed by atoms with Gasteiger partial charge in [-0.1, -0.05) is 29.8 Å². The first-order chi connectivity index (χ1) is 6.69. The summed E-state index contributed by atoms with van der Waals surface area (Å²) >= 11 is 3.08. The van der Waals surface area contributed by atoms with E-state index < -0.39 is 22.4 Å². The Morgan fingerprint density at radius 3 is 2.13 bits per heavy atom. The van der Waals surface area contributed by atoms with Crippen LogP contribution in [0.5, 0.6) is 0 Å². The molecule has 6 heteroatoms. The van der Waals surface area contributed by atoms with Crippen LogP contribution in [0.2, 0.25) is 0 Å². The summed E-state index contributed by atoms with van der Waals surface area (Å²) in [6.07, 6.45) is -4.37. The van der Waals surface area contributed by atoms with Crippen LogP contribution in [0, 0.1) is 5.92 Å². The summed E-state index contributed by atoms with van der Waals surface area (Å²) in [5.41, 5.74) is -1.95. The number of carbonyl (C=O) groups is 1. The number of halogens is 4. The molecule has 88 valence electrons. The van der Waals surface area contributed by atoms with Gasteiger partial charge in [-0.15, -0.1) is 0 Å². The van der Waals surface area contributed by atoms with Gasteiger partial charge >= 0.3 is 6.18 Å². The van der Waals surface area contributed by atoms with Crippen molar-refractivity contribution in [3.05, 3.63) is 0 Å². The van der Waals surface area contributed by atoms with Gasteiger partial charge in [0.1, 0.15) is 5.54 Å². The van der Waals surface area contributed by atoms with Crippen LogP contribution >= 0.6 is 15.9 Å². The molecule has 0 bridgehead atoms. The maximum atomic E-state index is 12.5. The molecule has 1 aliphatic carbocycles. The van der Waals surface area contributed by atoms with E-state index in [1.165, 1.54) is 0 Å².